The third kappa shape index (κ3) is 2.47. The monoisotopic (exact) mass is 216 g/mol. The van der Waals surface area contributed by atoms with Crippen molar-refractivity contribution >= 4 is 22.3 Å². The van der Waals surface area contributed by atoms with E-state index >= 15 is 0 Å². The molecule has 0 aliphatic heterocycles. The highest BCUT2D eigenvalue weighted by atomic mass is 32.2. The maximum atomic E-state index is 10.8. The minimum Gasteiger partial charge on any atom is -0.394 e. The summed E-state index contributed by atoms with van der Waals surface area (Å²) in [5.41, 5.74) is 7.27. The third-order valence-electron chi connectivity index (χ3n) is 1.95. The molecular weight excluding hydrogens is 200 g/mol. The maximum absolute atomic E-state index is 10.8. The molecule has 0 bridgehead atoms. The van der Waals surface area contributed by atoms with Crippen molar-refractivity contribution in [2.24, 2.45) is 7.05 Å². The van der Waals surface area contributed by atoms with Crippen LogP contribution in [-0.4, -0.2) is 32.5 Å². The van der Waals surface area contributed by atoms with Crippen LogP contribution in [0, 0.1) is 6.92 Å². The van der Waals surface area contributed by atoms with Crippen molar-refractivity contribution in [3.05, 3.63) is 5.69 Å². The Morgan fingerprint density at radius 1 is 1.64 bits per heavy atom. The predicted molar refractivity (Wildman–Crippen MR) is 59.8 cm³/mol. The molecule has 1 unspecified atom stereocenters. The van der Waals surface area contributed by atoms with Crippen LogP contribution in [0.3, 0.4) is 0 Å². The van der Waals surface area contributed by atoms with Crippen molar-refractivity contribution < 1.29 is 4.21 Å². The molecule has 3 N–H and O–H groups in total. The van der Waals surface area contributed by atoms with Crippen LogP contribution in [0.1, 0.15) is 5.69 Å². The van der Waals surface area contributed by atoms with E-state index in [0.717, 1.165) is 11.5 Å². The third-order valence-corrected chi connectivity index (χ3v) is 2.73. The van der Waals surface area contributed by atoms with Crippen LogP contribution in [0.25, 0.3) is 0 Å². The van der Waals surface area contributed by atoms with Gasteiger partial charge in [0.25, 0.3) is 0 Å². The van der Waals surface area contributed by atoms with Crippen LogP contribution in [0.5, 0.6) is 0 Å². The van der Waals surface area contributed by atoms with E-state index < -0.39 is 10.8 Å². The largest absolute Gasteiger partial charge is 0.394 e. The number of aromatic nitrogens is 2. The molecule has 1 aromatic heterocycles. The number of rotatable bonds is 4. The van der Waals surface area contributed by atoms with Gasteiger partial charge >= 0.3 is 0 Å². The number of nitrogens with two attached hydrogens (primary N) is 1. The van der Waals surface area contributed by atoms with Crippen LogP contribution < -0.4 is 11.1 Å². The predicted octanol–water partition coefficient (Wildman–Crippen LogP) is 0.101. The number of aryl methyl sites for hydroxylation is 2. The van der Waals surface area contributed by atoms with Crippen LogP contribution in [0.4, 0.5) is 11.5 Å². The van der Waals surface area contributed by atoms with Gasteiger partial charge in [0.2, 0.25) is 0 Å². The lowest BCUT2D eigenvalue weighted by Gasteiger charge is -2.06. The number of hydrogen-bond donors (Lipinski definition) is 2. The number of nitrogens with one attached hydrogen (secondary N) is 1. The zero-order valence-corrected chi connectivity index (χ0v) is 9.52. The first-order valence-electron chi connectivity index (χ1n) is 4.35. The molecule has 0 aromatic carbocycles. The highest BCUT2D eigenvalue weighted by molar-refractivity contribution is 7.84. The van der Waals surface area contributed by atoms with Crippen molar-refractivity contribution in [3.8, 4) is 0 Å². The Labute approximate surface area is 86.1 Å². The van der Waals surface area contributed by atoms with Gasteiger partial charge in [-0.25, -0.2) is 0 Å². The summed E-state index contributed by atoms with van der Waals surface area (Å²) in [6, 6.07) is 0. The molecule has 6 heteroatoms. The number of nitrogen functional groups attached to an aromatic ring is 1. The van der Waals surface area contributed by atoms with Crippen LogP contribution in [-0.2, 0) is 17.8 Å². The van der Waals surface area contributed by atoms with E-state index in [0.29, 0.717) is 18.0 Å². The lowest BCUT2D eigenvalue weighted by atomic mass is 10.4. The Morgan fingerprint density at radius 3 is 2.71 bits per heavy atom. The highest BCUT2D eigenvalue weighted by Crippen LogP contribution is 2.20. The summed E-state index contributed by atoms with van der Waals surface area (Å²) in [6.07, 6.45) is 1.68. The van der Waals surface area contributed by atoms with E-state index in [2.05, 4.69) is 10.4 Å². The molecule has 14 heavy (non-hydrogen) atoms. The normalized spacial score (nSPS) is 12.8. The zero-order valence-electron chi connectivity index (χ0n) is 8.70. The Morgan fingerprint density at radius 2 is 2.29 bits per heavy atom. The minimum atomic E-state index is -0.779. The van der Waals surface area contributed by atoms with E-state index in [9.17, 15) is 4.21 Å². The fourth-order valence-electron chi connectivity index (χ4n) is 1.20. The summed E-state index contributed by atoms with van der Waals surface area (Å²) < 4.78 is 12.5. The molecule has 1 aromatic rings. The molecule has 0 aliphatic carbocycles. The van der Waals surface area contributed by atoms with Crippen molar-refractivity contribution in [2.75, 3.05) is 29.6 Å². The molecule has 0 spiro atoms. The Hall–Kier alpha value is -1.04. The minimum absolute atomic E-state index is 0.615. The fourth-order valence-corrected chi connectivity index (χ4v) is 1.59. The van der Waals surface area contributed by atoms with Gasteiger partial charge in [-0.2, -0.15) is 5.10 Å². The smallest absolute Gasteiger partial charge is 0.147 e. The Balaban J connectivity index is 2.62. The second-order valence-corrected chi connectivity index (χ2v) is 4.73. The molecule has 0 saturated carbocycles. The molecule has 5 nitrogen and oxygen atoms in total. The van der Waals surface area contributed by atoms with E-state index in [1.165, 1.54) is 0 Å². The summed E-state index contributed by atoms with van der Waals surface area (Å²) in [5.74, 6) is 1.41. The van der Waals surface area contributed by atoms with E-state index in [1.807, 2.05) is 14.0 Å². The number of anilines is 2. The Bertz CT molecular complexity index is 347. The molecule has 80 valence electrons. The van der Waals surface area contributed by atoms with Gasteiger partial charge < -0.3 is 11.1 Å². The van der Waals surface area contributed by atoms with Gasteiger partial charge in [-0.3, -0.25) is 8.89 Å². The molecule has 0 fully saturated rings. The fraction of sp³-hybridized carbons (Fsp3) is 0.625. The molecule has 0 saturated heterocycles. The average molecular weight is 216 g/mol. The highest BCUT2D eigenvalue weighted by Gasteiger charge is 2.08. The maximum Gasteiger partial charge on any atom is 0.147 e. The summed E-state index contributed by atoms with van der Waals surface area (Å²) in [4.78, 5) is 0. The van der Waals surface area contributed by atoms with Gasteiger partial charge in [0.1, 0.15) is 5.82 Å². The molecule has 1 heterocycles. The average Bonchev–Trinajstić information content (AvgIpc) is 2.31. The second-order valence-electron chi connectivity index (χ2n) is 3.18. The molecule has 0 amide bonds. The first-order valence-corrected chi connectivity index (χ1v) is 6.08. The number of nitrogens with zero attached hydrogens (tertiary/aromatic N) is 2. The molecule has 0 radical (unpaired) electrons. The SMILES string of the molecule is Cc1nn(C)c(NCCS(C)=O)c1N. The first kappa shape index (κ1) is 11.0. The summed E-state index contributed by atoms with van der Waals surface area (Å²) >= 11 is 0. The van der Waals surface area contributed by atoms with Gasteiger partial charge in [0.15, 0.2) is 0 Å². The number of hydrogen-bond acceptors (Lipinski definition) is 4. The van der Waals surface area contributed by atoms with Gasteiger partial charge in [-0.05, 0) is 6.92 Å². The standard InChI is InChI=1S/C8H16N4OS/c1-6-7(9)8(12(2)11-6)10-4-5-14(3)13/h10H,4-5,9H2,1-3H3. The van der Waals surface area contributed by atoms with Gasteiger partial charge in [-0.1, -0.05) is 0 Å². The topological polar surface area (TPSA) is 72.9 Å². The zero-order chi connectivity index (χ0) is 10.7. The van der Waals surface area contributed by atoms with Crippen LogP contribution in [0.2, 0.25) is 0 Å². The van der Waals surface area contributed by atoms with Crippen LogP contribution >= 0.6 is 0 Å². The van der Waals surface area contributed by atoms with E-state index in [4.69, 9.17) is 5.73 Å². The summed E-state index contributed by atoms with van der Waals surface area (Å²) in [6.45, 7) is 2.50. The van der Waals surface area contributed by atoms with Gasteiger partial charge in [-0.15, -0.1) is 0 Å². The quantitative estimate of drug-likeness (QED) is 0.749. The molecule has 0 aliphatic rings. The van der Waals surface area contributed by atoms with Gasteiger partial charge in [0, 0.05) is 36.4 Å². The van der Waals surface area contributed by atoms with Crippen molar-refractivity contribution in [1.29, 1.82) is 0 Å². The van der Waals surface area contributed by atoms with Gasteiger partial charge in [0.05, 0.1) is 11.4 Å². The van der Waals surface area contributed by atoms with E-state index in [1.54, 1.807) is 10.9 Å². The van der Waals surface area contributed by atoms with Crippen LogP contribution in [0.15, 0.2) is 0 Å². The second kappa shape index (κ2) is 4.45. The lowest BCUT2D eigenvalue weighted by Crippen LogP contribution is -2.13. The van der Waals surface area contributed by atoms with Crippen molar-refractivity contribution in [3.63, 3.8) is 0 Å². The molecule has 1 atom stereocenters. The van der Waals surface area contributed by atoms with Crippen molar-refractivity contribution in [1.82, 2.24) is 9.78 Å². The molecular formula is C8H16N4OS. The van der Waals surface area contributed by atoms with Crippen molar-refractivity contribution in [2.45, 2.75) is 6.92 Å². The summed E-state index contributed by atoms with van der Waals surface area (Å²) in [5, 5.41) is 7.28. The lowest BCUT2D eigenvalue weighted by molar-refractivity contribution is 0.686. The Kier molecular flexibility index (Phi) is 3.51. The summed E-state index contributed by atoms with van der Waals surface area (Å²) in [7, 11) is 1.05. The first-order chi connectivity index (χ1) is 6.52. The van der Waals surface area contributed by atoms with E-state index in [-0.39, 0.29) is 0 Å². The molecule has 1 rings (SSSR count).